The number of sulfone groups is 1. The summed E-state index contributed by atoms with van der Waals surface area (Å²) in [6.45, 7) is 0.879. The van der Waals surface area contributed by atoms with E-state index >= 15 is 0 Å². The summed E-state index contributed by atoms with van der Waals surface area (Å²) >= 11 is 0. The lowest BCUT2D eigenvalue weighted by Gasteiger charge is -2.23. The zero-order chi connectivity index (χ0) is 12.3. The summed E-state index contributed by atoms with van der Waals surface area (Å²) in [6, 6.07) is 5.04. The van der Waals surface area contributed by atoms with E-state index < -0.39 is 15.7 Å². The quantitative estimate of drug-likeness (QED) is 0.839. The molecule has 0 aliphatic carbocycles. The van der Waals surface area contributed by atoms with Crippen molar-refractivity contribution in [2.24, 2.45) is 0 Å². The number of halogens is 1. The molecule has 1 aromatic rings. The molecule has 0 spiro atoms. The summed E-state index contributed by atoms with van der Waals surface area (Å²) in [5.74, 6) is -0.321. The summed E-state index contributed by atoms with van der Waals surface area (Å²) in [5, 5.41) is 3.20. The highest BCUT2D eigenvalue weighted by atomic mass is 32.2. The van der Waals surface area contributed by atoms with Gasteiger partial charge < -0.3 is 5.32 Å². The summed E-state index contributed by atoms with van der Waals surface area (Å²) in [4.78, 5) is 0.200. The van der Waals surface area contributed by atoms with Crippen LogP contribution >= 0.6 is 0 Å². The molecule has 0 bridgehead atoms. The first-order chi connectivity index (χ1) is 8.08. The molecule has 0 amide bonds. The first-order valence-corrected chi connectivity index (χ1v) is 7.45. The smallest absolute Gasteiger partial charge is 0.179 e. The van der Waals surface area contributed by atoms with Crippen LogP contribution in [0.15, 0.2) is 29.2 Å². The molecule has 1 aromatic carbocycles. The Hall–Kier alpha value is -0.940. The number of hydrogen-bond acceptors (Lipinski definition) is 3. The third-order valence-corrected chi connectivity index (χ3v) is 4.84. The van der Waals surface area contributed by atoms with Gasteiger partial charge in [0.25, 0.3) is 0 Å². The van der Waals surface area contributed by atoms with E-state index in [-0.39, 0.29) is 16.7 Å². The minimum absolute atomic E-state index is 0.0267. The van der Waals surface area contributed by atoms with Crippen LogP contribution in [-0.4, -0.2) is 26.8 Å². The SMILES string of the molecule is O=S(=O)(CC1CCCCN1)c1ccc(F)cc1. The van der Waals surface area contributed by atoms with Crippen LogP contribution in [0.5, 0.6) is 0 Å². The molecule has 0 aromatic heterocycles. The van der Waals surface area contributed by atoms with Gasteiger partial charge in [-0.1, -0.05) is 6.42 Å². The molecule has 1 fully saturated rings. The minimum atomic E-state index is -3.31. The zero-order valence-electron chi connectivity index (χ0n) is 9.52. The van der Waals surface area contributed by atoms with E-state index in [4.69, 9.17) is 0 Å². The van der Waals surface area contributed by atoms with Crippen molar-refractivity contribution >= 4 is 9.84 Å². The van der Waals surface area contributed by atoms with Crippen LogP contribution < -0.4 is 5.32 Å². The highest BCUT2D eigenvalue weighted by Gasteiger charge is 2.22. The lowest BCUT2D eigenvalue weighted by molar-refractivity contribution is 0.423. The van der Waals surface area contributed by atoms with Gasteiger partial charge in [-0.2, -0.15) is 0 Å². The Kier molecular flexibility index (Phi) is 3.79. The monoisotopic (exact) mass is 257 g/mol. The molecular formula is C12H16FNO2S. The Bertz CT molecular complexity index is 464. The zero-order valence-corrected chi connectivity index (χ0v) is 10.3. The van der Waals surface area contributed by atoms with Gasteiger partial charge in [0.05, 0.1) is 10.6 Å². The van der Waals surface area contributed by atoms with E-state index in [1.807, 2.05) is 0 Å². The normalized spacial score (nSPS) is 21.4. The molecule has 3 nitrogen and oxygen atoms in total. The fourth-order valence-corrected chi connectivity index (χ4v) is 3.63. The molecule has 5 heteroatoms. The highest BCUT2D eigenvalue weighted by molar-refractivity contribution is 7.91. The van der Waals surface area contributed by atoms with E-state index in [9.17, 15) is 12.8 Å². The molecule has 1 aliphatic heterocycles. The van der Waals surface area contributed by atoms with Crippen LogP contribution in [0.3, 0.4) is 0 Å². The Labute approximate surface area is 101 Å². The fourth-order valence-electron chi connectivity index (χ4n) is 2.07. The number of hydrogen-bond donors (Lipinski definition) is 1. The molecule has 1 heterocycles. The number of piperidine rings is 1. The lowest BCUT2D eigenvalue weighted by Crippen LogP contribution is -2.39. The third kappa shape index (κ3) is 3.26. The van der Waals surface area contributed by atoms with Crippen molar-refractivity contribution in [2.45, 2.75) is 30.2 Å². The maximum atomic E-state index is 12.7. The van der Waals surface area contributed by atoms with E-state index in [2.05, 4.69) is 5.32 Å². The third-order valence-electron chi connectivity index (χ3n) is 3.01. The lowest BCUT2D eigenvalue weighted by atomic mass is 10.1. The van der Waals surface area contributed by atoms with Crippen molar-refractivity contribution in [2.75, 3.05) is 12.3 Å². The number of benzene rings is 1. The molecule has 2 rings (SSSR count). The Morgan fingerprint density at radius 1 is 1.24 bits per heavy atom. The van der Waals surface area contributed by atoms with Gasteiger partial charge in [-0.3, -0.25) is 0 Å². The minimum Gasteiger partial charge on any atom is -0.313 e. The van der Waals surface area contributed by atoms with E-state index in [1.54, 1.807) is 0 Å². The van der Waals surface area contributed by atoms with Crippen molar-refractivity contribution in [3.8, 4) is 0 Å². The van der Waals surface area contributed by atoms with Crippen LogP contribution in [0.25, 0.3) is 0 Å². The van der Waals surface area contributed by atoms with Gasteiger partial charge in [-0.15, -0.1) is 0 Å². The molecular weight excluding hydrogens is 241 g/mol. The van der Waals surface area contributed by atoms with Crippen LogP contribution in [0.1, 0.15) is 19.3 Å². The molecule has 0 radical (unpaired) electrons. The topological polar surface area (TPSA) is 46.2 Å². The van der Waals surface area contributed by atoms with Crippen molar-refractivity contribution in [1.82, 2.24) is 5.32 Å². The molecule has 1 saturated heterocycles. The first kappa shape index (κ1) is 12.5. The number of nitrogens with one attached hydrogen (secondary N) is 1. The maximum absolute atomic E-state index is 12.7. The average Bonchev–Trinajstić information content (AvgIpc) is 2.30. The van der Waals surface area contributed by atoms with Crippen LogP contribution in [-0.2, 0) is 9.84 Å². The van der Waals surface area contributed by atoms with Gasteiger partial charge in [0.2, 0.25) is 0 Å². The summed E-state index contributed by atoms with van der Waals surface area (Å²) in [6.07, 6.45) is 3.06. The van der Waals surface area contributed by atoms with E-state index in [0.29, 0.717) is 0 Å². The van der Waals surface area contributed by atoms with Crippen molar-refractivity contribution in [3.05, 3.63) is 30.1 Å². The van der Waals surface area contributed by atoms with Gasteiger partial charge in [0.1, 0.15) is 5.82 Å². The van der Waals surface area contributed by atoms with Gasteiger partial charge in [-0.25, -0.2) is 12.8 Å². The molecule has 1 N–H and O–H groups in total. The molecule has 94 valence electrons. The van der Waals surface area contributed by atoms with Gasteiger partial charge in [-0.05, 0) is 43.7 Å². The molecule has 1 aliphatic rings. The second-order valence-corrected chi connectivity index (χ2v) is 6.42. The molecule has 0 saturated carbocycles. The summed E-state index contributed by atoms with van der Waals surface area (Å²) < 4.78 is 36.8. The van der Waals surface area contributed by atoms with Crippen LogP contribution in [0.2, 0.25) is 0 Å². The van der Waals surface area contributed by atoms with Crippen molar-refractivity contribution in [3.63, 3.8) is 0 Å². The highest BCUT2D eigenvalue weighted by Crippen LogP contribution is 2.16. The Balaban J connectivity index is 2.10. The molecule has 1 atom stereocenters. The van der Waals surface area contributed by atoms with E-state index in [0.717, 1.165) is 25.8 Å². The molecule has 1 unspecified atom stereocenters. The fraction of sp³-hybridized carbons (Fsp3) is 0.500. The second kappa shape index (κ2) is 5.14. The average molecular weight is 257 g/mol. The largest absolute Gasteiger partial charge is 0.313 e. The first-order valence-electron chi connectivity index (χ1n) is 5.80. The Morgan fingerprint density at radius 2 is 1.94 bits per heavy atom. The van der Waals surface area contributed by atoms with Gasteiger partial charge in [0.15, 0.2) is 9.84 Å². The predicted octanol–water partition coefficient (Wildman–Crippen LogP) is 1.74. The Morgan fingerprint density at radius 3 is 2.53 bits per heavy atom. The summed E-state index contributed by atoms with van der Waals surface area (Å²) in [5.41, 5.74) is 0. The maximum Gasteiger partial charge on any atom is 0.179 e. The number of rotatable bonds is 3. The standard InChI is InChI=1S/C12H16FNO2S/c13-10-4-6-12(7-5-10)17(15,16)9-11-3-1-2-8-14-11/h4-7,11,14H,1-3,8-9H2. The molecule has 17 heavy (non-hydrogen) atoms. The van der Waals surface area contributed by atoms with Crippen LogP contribution in [0, 0.1) is 5.82 Å². The van der Waals surface area contributed by atoms with Crippen molar-refractivity contribution < 1.29 is 12.8 Å². The second-order valence-electron chi connectivity index (χ2n) is 4.38. The predicted molar refractivity (Wildman–Crippen MR) is 64.1 cm³/mol. The summed E-state index contributed by atoms with van der Waals surface area (Å²) in [7, 11) is -3.31. The van der Waals surface area contributed by atoms with E-state index in [1.165, 1.54) is 24.3 Å². The van der Waals surface area contributed by atoms with Crippen LogP contribution in [0.4, 0.5) is 4.39 Å². The van der Waals surface area contributed by atoms with Gasteiger partial charge in [0, 0.05) is 6.04 Å². The van der Waals surface area contributed by atoms with Crippen molar-refractivity contribution in [1.29, 1.82) is 0 Å². The van der Waals surface area contributed by atoms with Gasteiger partial charge >= 0.3 is 0 Å².